The van der Waals surface area contributed by atoms with Crippen LogP contribution in [0.1, 0.15) is 76.7 Å². The van der Waals surface area contributed by atoms with Crippen molar-refractivity contribution in [3.8, 4) is 5.75 Å². The molecule has 0 bridgehead atoms. The summed E-state index contributed by atoms with van der Waals surface area (Å²) in [5.74, 6) is 1.04. The predicted molar refractivity (Wildman–Crippen MR) is 97.6 cm³/mol. The molecule has 2 aliphatic carbocycles. The Hall–Kier alpha value is -1.38. The van der Waals surface area contributed by atoms with Crippen molar-refractivity contribution in [1.82, 2.24) is 0 Å². The Kier molecular flexibility index (Phi) is 6.14. The highest BCUT2D eigenvalue weighted by molar-refractivity contribution is 5.33. The van der Waals surface area contributed by atoms with Gasteiger partial charge in [0.05, 0.1) is 6.26 Å². The lowest BCUT2D eigenvalue weighted by Gasteiger charge is -2.37. The molecule has 1 aromatic carbocycles. The van der Waals surface area contributed by atoms with E-state index in [2.05, 4.69) is 6.92 Å². The Bertz CT molecular complexity index is 594. The summed E-state index contributed by atoms with van der Waals surface area (Å²) < 4.78 is 33.8. The first-order chi connectivity index (χ1) is 12.1. The molecule has 0 radical (unpaired) electrons. The van der Waals surface area contributed by atoms with Gasteiger partial charge in [0, 0.05) is 0 Å². The standard InChI is InChI=1S/C22H30F2O/c1-3-14-25-20-13-12-19(21(23)22(20)24)18-10-8-17(9-11-18)16-6-4-15(2)5-7-16/h3,12-18H,4-11H2,1-2H3/b14-3-. The van der Waals surface area contributed by atoms with Gasteiger partial charge in [0.2, 0.25) is 5.82 Å². The number of allylic oxidation sites excluding steroid dienone is 1. The zero-order valence-electron chi connectivity index (χ0n) is 15.4. The van der Waals surface area contributed by atoms with Gasteiger partial charge in [-0.25, -0.2) is 4.39 Å². The van der Waals surface area contributed by atoms with Gasteiger partial charge in [-0.1, -0.05) is 31.9 Å². The topological polar surface area (TPSA) is 9.23 Å². The molecule has 0 heterocycles. The second-order valence-corrected chi connectivity index (χ2v) is 8.00. The van der Waals surface area contributed by atoms with Crippen molar-refractivity contribution < 1.29 is 13.5 Å². The normalized spacial score (nSPS) is 30.6. The van der Waals surface area contributed by atoms with E-state index in [-0.39, 0.29) is 11.7 Å². The molecular weight excluding hydrogens is 318 g/mol. The van der Waals surface area contributed by atoms with Gasteiger partial charge in [0.25, 0.3) is 0 Å². The lowest BCUT2D eigenvalue weighted by molar-refractivity contribution is 0.164. The average molecular weight is 348 g/mol. The average Bonchev–Trinajstić information content (AvgIpc) is 2.64. The van der Waals surface area contributed by atoms with Crippen LogP contribution in [0.3, 0.4) is 0 Å². The van der Waals surface area contributed by atoms with Crippen LogP contribution in [0.15, 0.2) is 24.5 Å². The second kappa shape index (κ2) is 8.33. The first kappa shape index (κ1) is 18.4. The maximum Gasteiger partial charge on any atom is 0.201 e. The van der Waals surface area contributed by atoms with Gasteiger partial charge < -0.3 is 4.74 Å². The maximum atomic E-state index is 14.5. The van der Waals surface area contributed by atoms with Crippen LogP contribution in [-0.4, -0.2) is 0 Å². The van der Waals surface area contributed by atoms with Crippen LogP contribution in [0.25, 0.3) is 0 Å². The third-order valence-electron chi connectivity index (χ3n) is 6.35. The number of halogens is 2. The Balaban J connectivity index is 1.62. The van der Waals surface area contributed by atoms with E-state index in [0.29, 0.717) is 5.56 Å². The van der Waals surface area contributed by atoms with Crippen LogP contribution in [-0.2, 0) is 0 Å². The van der Waals surface area contributed by atoms with Crippen molar-refractivity contribution in [3.05, 3.63) is 41.7 Å². The molecule has 1 nitrogen and oxygen atoms in total. The van der Waals surface area contributed by atoms with Gasteiger partial charge in [-0.3, -0.25) is 0 Å². The van der Waals surface area contributed by atoms with E-state index < -0.39 is 11.6 Å². The first-order valence-electron chi connectivity index (χ1n) is 9.85. The highest BCUT2D eigenvalue weighted by Gasteiger charge is 2.31. The van der Waals surface area contributed by atoms with Gasteiger partial charge in [0.1, 0.15) is 0 Å². The molecule has 0 aliphatic heterocycles. The van der Waals surface area contributed by atoms with Crippen LogP contribution in [0.4, 0.5) is 8.78 Å². The molecule has 0 unspecified atom stereocenters. The fourth-order valence-corrected chi connectivity index (χ4v) is 4.75. The molecule has 0 amide bonds. The van der Waals surface area contributed by atoms with E-state index in [1.807, 2.05) is 0 Å². The highest BCUT2D eigenvalue weighted by atomic mass is 19.2. The molecule has 0 N–H and O–H groups in total. The molecule has 0 atom stereocenters. The van der Waals surface area contributed by atoms with Crippen LogP contribution < -0.4 is 4.74 Å². The number of hydrogen-bond donors (Lipinski definition) is 0. The number of benzene rings is 1. The minimum absolute atomic E-state index is 0.0376. The molecule has 138 valence electrons. The summed E-state index contributed by atoms with van der Waals surface area (Å²) in [6.07, 6.45) is 12.7. The fraction of sp³-hybridized carbons (Fsp3) is 0.636. The largest absolute Gasteiger partial charge is 0.462 e. The predicted octanol–water partition coefficient (Wildman–Crippen LogP) is 6.98. The number of hydrogen-bond acceptors (Lipinski definition) is 1. The van der Waals surface area contributed by atoms with Gasteiger partial charge in [0.15, 0.2) is 11.6 Å². The minimum atomic E-state index is -0.862. The Labute approximate surface area is 150 Å². The summed E-state index contributed by atoms with van der Waals surface area (Å²) in [5.41, 5.74) is 0.529. The summed E-state index contributed by atoms with van der Waals surface area (Å²) in [7, 11) is 0. The van der Waals surface area contributed by atoms with Crippen LogP contribution in [0.2, 0.25) is 0 Å². The fourth-order valence-electron chi connectivity index (χ4n) is 4.75. The minimum Gasteiger partial charge on any atom is -0.462 e. The molecule has 2 fully saturated rings. The van der Waals surface area contributed by atoms with Crippen LogP contribution >= 0.6 is 0 Å². The van der Waals surface area contributed by atoms with Crippen LogP contribution in [0, 0.1) is 29.4 Å². The summed E-state index contributed by atoms with van der Waals surface area (Å²) >= 11 is 0. The first-order valence-corrected chi connectivity index (χ1v) is 9.85. The third-order valence-corrected chi connectivity index (χ3v) is 6.35. The molecule has 0 spiro atoms. The Morgan fingerprint density at radius 2 is 1.48 bits per heavy atom. The third kappa shape index (κ3) is 4.24. The van der Waals surface area contributed by atoms with Crippen molar-refractivity contribution in [2.45, 2.75) is 71.1 Å². The smallest absolute Gasteiger partial charge is 0.201 e. The SMILES string of the molecule is C/C=C\Oc1ccc(C2CCC(C3CCC(C)CC3)CC2)c(F)c1F. The van der Waals surface area contributed by atoms with Crippen molar-refractivity contribution in [3.63, 3.8) is 0 Å². The van der Waals surface area contributed by atoms with Crippen molar-refractivity contribution in [2.24, 2.45) is 17.8 Å². The van der Waals surface area contributed by atoms with Gasteiger partial charge in [-0.15, -0.1) is 0 Å². The van der Waals surface area contributed by atoms with Crippen molar-refractivity contribution in [1.29, 1.82) is 0 Å². The summed E-state index contributed by atoms with van der Waals surface area (Å²) in [6, 6.07) is 3.27. The van der Waals surface area contributed by atoms with Gasteiger partial charge >= 0.3 is 0 Å². The summed E-state index contributed by atoms with van der Waals surface area (Å²) in [5, 5.41) is 0. The van der Waals surface area contributed by atoms with E-state index in [0.717, 1.165) is 43.4 Å². The molecule has 25 heavy (non-hydrogen) atoms. The zero-order chi connectivity index (χ0) is 17.8. The van der Waals surface area contributed by atoms with Crippen LogP contribution in [0.5, 0.6) is 5.75 Å². The second-order valence-electron chi connectivity index (χ2n) is 8.00. The number of rotatable bonds is 4. The van der Waals surface area contributed by atoms with E-state index in [9.17, 15) is 8.78 Å². The monoisotopic (exact) mass is 348 g/mol. The molecular formula is C22H30F2O. The maximum absolute atomic E-state index is 14.5. The Morgan fingerprint density at radius 1 is 0.880 bits per heavy atom. The molecule has 1 aromatic rings. The molecule has 3 rings (SSSR count). The molecule has 2 aliphatic rings. The zero-order valence-corrected chi connectivity index (χ0v) is 15.4. The Morgan fingerprint density at radius 3 is 2.08 bits per heavy atom. The van der Waals surface area contributed by atoms with Crippen molar-refractivity contribution in [2.75, 3.05) is 0 Å². The molecule has 0 saturated heterocycles. The number of ether oxygens (including phenoxy) is 1. The van der Waals surface area contributed by atoms with E-state index in [1.165, 1.54) is 31.9 Å². The molecule has 3 heteroatoms. The quantitative estimate of drug-likeness (QED) is 0.533. The summed E-state index contributed by atoms with van der Waals surface area (Å²) in [6.45, 7) is 4.13. The molecule has 0 aromatic heterocycles. The van der Waals surface area contributed by atoms with Gasteiger partial charge in [-0.05, 0) is 80.8 Å². The lowest BCUT2D eigenvalue weighted by Crippen LogP contribution is -2.25. The summed E-state index contributed by atoms with van der Waals surface area (Å²) in [4.78, 5) is 0. The van der Waals surface area contributed by atoms with E-state index in [1.54, 1.807) is 25.1 Å². The lowest BCUT2D eigenvalue weighted by atomic mass is 9.68. The molecule has 2 saturated carbocycles. The van der Waals surface area contributed by atoms with Gasteiger partial charge in [-0.2, -0.15) is 4.39 Å². The highest BCUT2D eigenvalue weighted by Crippen LogP contribution is 2.44. The van der Waals surface area contributed by atoms with E-state index in [4.69, 9.17) is 4.74 Å². The van der Waals surface area contributed by atoms with E-state index >= 15 is 0 Å². The van der Waals surface area contributed by atoms with Crippen molar-refractivity contribution >= 4 is 0 Å².